The van der Waals surface area contributed by atoms with E-state index in [2.05, 4.69) is 17.1 Å². The third-order valence-corrected chi connectivity index (χ3v) is 5.43. The van der Waals surface area contributed by atoms with Crippen LogP contribution in [0, 0.1) is 5.92 Å². The minimum atomic E-state index is -0.161. The van der Waals surface area contributed by atoms with Crippen molar-refractivity contribution in [2.45, 2.75) is 26.8 Å². The SMILES string of the molecule is COCC(=O)N(CC(=O)N(CCc1c[nH]c2ccccc12)Cc1ccccc1)CC(C)C. The second kappa shape index (κ2) is 11.5. The number of H-pyrrole nitrogens is 1. The monoisotopic (exact) mass is 435 g/mol. The lowest BCUT2D eigenvalue weighted by Gasteiger charge is -2.29. The fraction of sp³-hybridized carbons (Fsp3) is 0.385. The molecule has 6 heteroatoms. The highest BCUT2D eigenvalue weighted by molar-refractivity contribution is 5.86. The van der Waals surface area contributed by atoms with E-state index in [1.54, 1.807) is 4.90 Å². The minimum absolute atomic E-state index is 0.0198. The van der Waals surface area contributed by atoms with E-state index in [4.69, 9.17) is 4.74 Å². The second-order valence-corrected chi connectivity index (χ2v) is 8.51. The number of fused-ring (bicyclic) bond motifs is 1. The lowest BCUT2D eigenvalue weighted by molar-refractivity contribution is -0.143. The number of para-hydroxylation sites is 1. The third kappa shape index (κ3) is 6.44. The maximum absolute atomic E-state index is 13.4. The molecule has 0 atom stereocenters. The van der Waals surface area contributed by atoms with Gasteiger partial charge in [0.15, 0.2) is 0 Å². The first-order chi connectivity index (χ1) is 15.5. The van der Waals surface area contributed by atoms with Crippen molar-refractivity contribution in [1.29, 1.82) is 0 Å². The Morgan fingerprint density at radius 2 is 1.69 bits per heavy atom. The molecule has 0 bridgehead atoms. The zero-order valence-corrected chi connectivity index (χ0v) is 19.2. The summed E-state index contributed by atoms with van der Waals surface area (Å²) < 4.78 is 5.02. The largest absolute Gasteiger partial charge is 0.375 e. The van der Waals surface area contributed by atoms with Crippen LogP contribution in [0.25, 0.3) is 10.9 Å². The fourth-order valence-electron chi connectivity index (χ4n) is 3.86. The lowest BCUT2D eigenvalue weighted by Crippen LogP contribution is -2.45. The smallest absolute Gasteiger partial charge is 0.249 e. The Labute approximate surface area is 190 Å². The number of hydrogen-bond acceptors (Lipinski definition) is 3. The van der Waals surface area contributed by atoms with Crippen molar-refractivity contribution in [2.24, 2.45) is 5.92 Å². The molecule has 0 fully saturated rings. The Balaban J connectivity index is 1.76. The van der Waals surface area contributed by atoms with Gasteiger partial charge in [-0.15, -0.1) is 0 Å². The molecule has 32 heavy (non-hydrogen) atoms. The van der Waals surface area contributed by atoms with E-state index in [1.807, 2.05) is 67.4 Å². The molecule has 0 aliphatic rings. The summed E-state index contributed by atoms with van der Waals surface area (Å²) in [5.41, 5.74) is 3.34. The van der Waals surface area contributed by atoms with Gasteiger partial charge in [0, 0.05) is 43.8 Å². The normalized spacial score (nSPS) is 11.1. The number of hydrogen-bond donors (Lipinski definition) is 1. The molecule has 1 heterocycles. The van der Waals surface area contributed by atoms with Crippen LogP contribution in [0.1, 0.15) is 25.0 Å². The fourth-order valence-corrected chi connectivity index (χ4v) is 3.86. The molecule has 1 aromatic heterocycles. The third-order valence-electron chi connectivity index (χ3n) is 5.43. The Morgan fingerprint density at radius 1 is 0.969 bits per heavy atom. The van der Waals surface area contributed by atoms with E-state index in [1.165, 1.54) is 18.1 Å². The average Bonchev–Trinajstić information content (AvgIpc) is 3.20. The van der Waals surface area contributed by atoms with Crippen LogP contribution in [0.2, 0.25) is 0 Å². The zero-order chi connectivity index (χ0) is 22.9. The number of ether oxygens (including phenoxy) is 1. The number of carbonyl (C=O) groups is 2. The van der Waals surface area contributed by atoms with Gasteiger partial charge < -0.3 is 19.5 Å². The van der Waals surface area contributed by atoms with Gasteiger partial charge in [-0.25, -0.2) is 0 Å². The Morgan fingerprint density at radius 3 is 2.41 bits per heavy atom. The molecule has 0 unspecified atom stereocenters. The van der Waals surface area contributed by atoms with Gasteiger partial charge in [-0.2, -0.15) is 0 Å². The Kier molecular flexibility index (Phi) is 8.45. The average molecular weight is 436 g/mol. The van der Waals surface area contributed by atoms with Crippen LogP contribution < -0.4 is 0 Å². The number of aromatic nitrogens is 1. The van der Waals surface area contributed by atoms with E-state index in [9.17, 15) is 9.59 Å². The summed E-state index contributed by atoms with van der Waals surface area (Å²) in [5, 5.41) is 1.18. The number of nitrogens with one attached hydrogen (secondary N) is 1. The first-order valence-electron chi connectivity index (χ1n) is 11.1. The highest BCUT2D eigenvalue weighted by Crippen LogP contribution is 2.19. The van der Waals surface area contributed by atoms with Crippen molar-refractivity contribution in [3.8, 4) is 0 Å². The molecule has 6 nitrogen and oxygen atoms in total. The summed E-state index contributed by atoms with van der Waals surface area (Å²) in [6.45, 7) is 5.72. The maximum Gasteiger partial charge on any atom is 0.249 e. The molecule has 3 rings (SSSR count). The maximum atomic E-state index is 13.4. The van der Waals surface area contributed by atoms with Gasteiger partial charge in [-0.1, -0.05) is 62.4 Å². The predicted octanol–water partition coefficient (Wildman–Crippen LogP) is 3.87. The number of methoxy groups -OCH3 is 1. The molecule has 0 saturated heterocycles. The van der Waals surface area contributed by atoms with Crippen LogP contribution in [0.3, 0.4) is 0 Å². The van der Waals surface area contributed by atoms with Crippen LogP contribution in [-0.4, -0.2) is 59.9 Å². The number of carbonyl (C=O) groups excluding carboxylic acids is 2. The number of benzene rings is 2. The van der Waals surface area contributed by atoms with Gasteiger partial charge >= 0.3 is 0 Å². The van der Waals surface area contributed by atoms with Crippen LogP contribution in [0.15, 0.2) is 60.8 Å². The summed E-state index contributed by atoms with van der Waals surface area (Å²) in [7, 11) is 1.50. The minimum Gasteiger partial charge on any atom is -0.375 e. The van der Waals surface area contributed by atoms with Gasteiger partial charge in [0.1, 0.15) is 6.61 Å². The van der Waals surface area contributed by atoms with Crippen molar-refractivity contribution in [2.75, 3.05) is 33.4 Å². The van der Waals surface area contributed by atoms with Crippen molar-refractivity contribution in [3.05, 3.63) is 71.9 Å². The molecule has 0 saturated carbocycles. The van der Waals surface area contributed by atoms with Gasteiger partial charge in [-0.3, -0.25) is 9.59 Å². The quantitative estimate of drug-likeness (QED) is 0.497. The van der Waals surface area contributed by atoms with Crippen molar-refractivity contribution in [3.63, 3.8) is 0 Å². The Bertz CT molecular complexity index is 1010. The van der Waals surface area contributed by atoms with E-state index in [0.29, 0.717) is 19.6 Å². The van der Waals surface area contributed by atoms with Crippen molar-refractivity contribution >= 4 is 22.7 Å². The summed E-state index contributed by atoms with van der Waals surface area (Å²) in [6.07, 6.45) is 2.75. The lowest BCUT2D eigenvalue weighted by atomic mass is 10.1. The standard InChI is InChI=1S/C26H33N3O3/c1-20(2)16-29(26(31)19-32-3)18-25(30)28(17-21-9-5-4-6-10-21)14-13-22-15-27-24-12-8-7-11-23(22)24/h4-12,15,20,27H,13-14,16-19H2,1-3H3. The van der Waals surface area contributed by atoms with Crippen molar-refractivity contribution < 1.29 is 14.3 Å². The van der Waals surface area contributed by atoms with Gasteiger partial charge in [-0.05, 0) is 29.5 Å². The molecule has 0 spiro atoms. The highest BCUT2D eigenvalue weighted by Gasteiger charge is 2.22. The molecule has 3 aromatic rings. The number of amides is 2. The van der Waals surface area contributed by atoms with Gasteiger partial charge in [0.2, 0.25) is 11.8 Å². The van der Waals surface area contributed by atoms with Crippen LogP contribution in [0.5, 0.6) is 0 Å². The molecule has 0 aliphatic heterocycles. The van der Waals surface area contributed by atoms with E-state index in [0.717, 1.165) is 17.5 Å². The summed E-state index contributed by atoms with van der Waals surface area (Å²) >= 11 is 0. The number of aromatic amines is 1. The topological polar surface area (TPSA) is 65.6 Å². The molecule has 0 radical (unpaired) electrons. The second-order valence-electron chi connectivity index (χ2n) is 8.51. The van der Waals surface area contributed by atoms with Crippen LogP contribution in [0.4, 0.5) is 0 Å². The molecule has 0 aliphatic carbocycles. The van der Waals surface area contributed by atoms with E-state index >= 15 is 0 Å². The van der Waals surface area contributed by atoms with E-state index < -0.39 is 0 Å². The van der Waals surface area contributed by atoms with Crippen LogP contribution in [-0.2, 0) is 27.3 Å². The summed E-state index contributed by atoms with van der Waals surface area (Å²) in [4.78, 5) is 32.6. The summed E-state index contributed by atoms with van der Waals surface area (Å²) in [6, 6.07) is 18.1. The van der Waals surface area contributed by atoms with Gasteiger partial charge in [0.05, 0.1) is 6.54 Å². The molecule has 2 amide bonds. The number of rotatable bonds is 11. The first-order valence-corrected chi connectivity index (χ1v) is 11.1. The van der Waals surface area contributed by atoms with E-state index in [-0.39, 0.29) is 30.9 Å². The highest BCUT2D eigenvalue weighted by atomic mass is 16.5. The summed E-state index contributed by atoms with van der Waals surface area (Å²) in [5.74, 6) is 0.0436. The molecular formula is C26H33N3O3. The first kappa shape index (κ1) is 23.5. The van der Waals surface area contributed by atoms with Gasteiger partial charge in [0.25, 0.3) is 0 Å². The Hall–Kier alpha value is -3.12. The van der Waals surface area contributed by atoms with Crippen LogP contribution >= 0.6 is 0 Å². The molecule has 1 N–H and O–H groups in total. The zero-order valence-electron chi connectivity index (χ0n) is 19.2. The number of nitrogens with zero attached hydrogens (tertiary/aromatic N) is 2. The molecule has 170 valence electrons. The molecule has 2 aromatic carbocycles. The predicted molar refractivity (Wildman–Crippen MR) is 127 cm³/mol. The van der Waals surface area contributed by atoms with Crippen molar-refractivity contribution in [1.82, 2.24) is 14.8 Å². The molecular weight excluding hydrogens is 402 g/mol.